The minimum atomic E-state index is -1.26. The molecule has 1 aromatic heterocycles. The molecule has 0 aliphatic carbocycles. The average molecular weight is 334 g/mol. The number of carbonyl (C=O) groups is 2. The molecule has 3 N–H and O–H groups in total. The highest BCUT2D eigenvalue weighted by Gasteiger charge is 2.23. The summed E-state index contributed by atoms with van der Waals surface area (Å²) in [6.45, 7) is 1.56. The molecule has 0 saturated carbocycles. The Morgan fingerprint density at radius 1 is 1.29 bits per heavy atom. The number of aromatic nitrogens is 1. The van der Waals surface area contributed by atoms with Crippen LogP contribution < -0.4 is 15.7 Å². The fourth-order valence-electron chi connectivity index (χ4n) is 2.18. The van der Waals surface area contributed by atoms with Gasteiger partial charge in [0.15, 0.2) is 5.56 Å². The van der Waals surface area contributed by atoms with Crippen LogP contribution in [0.2, 0.25) is 0 Å². The Bertz CT molecular complexity index is 827. The van der Waals surface area contributed by atoms with Crippen LogP contribution in [0.25, 0.3) is 10.9 Å². The Morgan fingerprint density at radius 3 is 2.67 bits per heavy atom. The number of fused-ring (bicyclic) bond motifs is 1. The maximum atomic E-state index is 12.6. The van der Waals surface area contributed by atoms with Crippen LogP contribution in [-0.2, 0) is 4.79 Å². The standard InChI is InChI=1S/C16H18N2O6/c1-2-3-8-24-18-11-7-5-4-6-10(11)14(21)13(16(18)23)15(22)17-9-12(19)20/h4-7,21H,2-3,8-9H2,1H3,(H,17,22)(H,19,20). The molecular formula is C16H18N2O6. The normalized spacial score (nSPS) is 10.5. The first-order chi connectivity index (χ1) is 11.5. The van der Waals surface area contributed by atoms with Gasteiger partial charge in [0.1, 0.15) is 18.9 Å². The summed E-state index contributed by atoms with van der Waals surface area (Å²) >= 11 is 0. The van der Waals surface area contributed by atoms with Gasteiger partial charge in [-0.05, 0) is 18.6 Å². The highest BCUT2D eigenvalue weighted by Crippen LogP contribution is 2.25. The quantitative estimate of drug-likeness (QED) is 0.643. The summed E-state index contributed by atoms with van der Waals surface area (Å²) < 4.78 is 0.959. The Balaban J connectivity index is 2.56. The van der Waals surface area contributed by atoms with E-state index in [0.29, 0.717) is 11.9 Å². The van der Waals surface area contributed by atoms with E-state index in [9.17, 15) is 19.5 Å². The van der Waals surface area contributed by atoms with Gasteiger partial charge in [0.2, 0.25) is 0 Å². The summed E-state index contributed by atoms with van der Waals surface area (Å²) in [6.07, 6.45) is 1.57. The third-order valence-corrected chi connectivity index (χ3v) is 3.36. The Labute approximate surface area is 137 Å². The van der Waals surface area contributed by atoms with Crippen molar-refractivity contribution in [1.82, 2.24) is 10.0 Å². The SMILES string of the molecule is CCCCOn1c(=O)c(C(=O)NCC(=O)O)c(O)c2ccccc21. The summed E-state index contributed by atoms with van der Waals surface area (Å²) in [4.78, 5) is 40.7. The number of unbranched alkanes of at least 4 members (excludes halogenated alkanes) is 1. The van der Waals surface area contributed by atoms with Crippen LogP contribution in [0.3, 0.4) is 0 Å². The zero-order chi connectivity index (χ0) is 17.7. The topological polar surface area (TPSA) is 118 Å². The van der Waals surface area contributed by atoms with E-state index in [2.05, 4.69) is 5.32 Å². The van der Waals surface area contributed by atoms with Gasteiger partial charge in [-0.2, -0.15) is 0 Å². The second kappa shape index (κ2) is 7.49. The molecule has 1 aromatic carbocycles. The van der Waals surface area contributed by atoms with Gasteiger partial charge >= 0.3 is 5.97 Å². The second-order valence-electron chi connectivity index (χ2n) is 5.10. The number of aromatic hydroxyl groups is 1. The molecule has 0 aliphatic heterocycles. The molecular weight excluding hydrogens is 316 g/mol. The highest BCUT2D eigenvalue weighted by molar-refractivity contribution is 6.02. The molecule has 0 unspecified atom stereocenters. The number of carboxylic acids is 1. The molecule has 1 heterocycles. The lowest BCUT2D eigenvalue weighted by Crippen LogP contribution is -2.37. The molecule has 2 rings (SSSR count). The number of amides is 1. The van der Waals surface area contributed by atoms with Crippen LogP contribution in [0, 0.1) is 0 Å². The summed E-state index contributed by atoms with van der Waals surface area (Å²) in [5.74, 6) is -2.74. The number of carboxylic acid groups (broad SMARTS) is 1. The van der Waals surface area contributed by atoms with Gasteiger partial charge < -0.3 is 20.4 Å². The number of nitrogens with zero attached hydrogens (tertiary/aromatic N) is 1. The lowest BCUT2D eigenvalue weighted by atomic mass is 10.1. The van der Waals surface area contributed by atoms with Crippen molar-refractivity contribution in [3.63, 3.8) is 0 Å². The van der Waals surface area contributed by atoms with Gasteiger partial charge in [0.05, 0.1) is 5.52 Å². The van der Waals surface area contributed by atoms with E-state index < -0.39 is 35.3 Å². The predicted octanol–water partition coefficient (Wildman–Crippen LogP) is 0.750. The molecule has 24 heavy (non-hydrogen) atoms. The first kappa shape index (κ1) is 17.3. The molecule has 128 valence electrons. The van der Waals surface area contributed by atoms with Crippen LogP contribution in [0.4, 0.5) is 0 Å². The Hall–Kier alpha value is -3.03. The van der Waals surface area contributed by atoms with Gasteiger partial charge in [-0.3, -0.25) is 14.4 Å². The zero-order valence-corrected chi connectivity index (χ0v) is 13.1. The van der Waals surface area contributed by atoms with Crippen molar-refractivity contribution >= 4 is 22.8 Å². The lowest BCUT2D eigenvalue weighted by molar-refractivity contribution is -0.135. The molecule has 0 atom stereocenters. The smallest absolute Gasteiger partial charge is 0.322 e. The molecule has 0 saturated heterocycles. The van der Waals surface area contributed by atoms with Crippen LogP contribution in [0.5, 0.6) is 5.75 Å². The summed E-state index contributed by atoms with van der Waals surface area (Å²) in [5.41, 5.74) is -1.07. The lowest BCUT2D eigenvalue weighted by Gasteiger charge is -2.15. The average Bonchev–Trinajstić information content (AvgIpc) is 2.56. The summed E-state index contributed by atoms with van der Waals surface area (Å²) in [5, 5.41) is 21.2. The van der Waals surface area contributed by atoms with Crippen LogP contribution in [-0.4, -0.2) is 40.0 Å². The minimum Gasteiger partial charge on any atom is -0.506 e. The molecule has 8 nitrogen and oxygen atoms in total. The third kappa shape index (κ3) is 3.48. The van der Waals surface area contributed by atoms with E-state index in [0.717, 1.165) is 11.2 Å². The molecule has 0 aliphatic rings. The number of nitrogens with one attached hydrogen (secondary N) is 1. The van der Waals surface area contributed by atoms with Gasteiger partial charge in [0.25, 0.3) is 11.5 Å². The Morgan fingerprint density at radius 2 is 2.00 bits per heavy atom. The molecule has 0 fully saturated rings. The monoisotopic (exact) mass is 334 g/mol. The number of aliphatic carboxylic acids is 1. The fraction of sp³-hybridized carbons (Fsp3) is 0.312. The Kier molecular flexibility index (Phi) is 5.41. The van der Waals surface area contributed by atoms with Gasteiger partial charge in [0, 0.05) is 5.39 Å². The number of rotatable bonds is 7. The van der Waals surface area contributed by atoms with E-state index in [4.69, 9.17) is 9.94 Å². The van der Waals surface area contributed by atoms with Crippen molar-refractivity contribution in [3.05, 3.63) is 40.2 Å². The zero-order valence-electron chi connectivity index (χ0n) is 13.1. The number of pyridine rings is 1. The van der Waals surface area contributed by atoms with Crippen molar-refractivity contribution in [2.75, 3.05) is 13.2 Å². The maximum Gasteiger partial charge on any atom is 0.322 e. The molecule has 0 radical (unpaired) electrons. The highest BCUT2D eigenvalue weighted by atomic mass is 16.7. The van der Waals surface area contributed by atoms with Gasteiger partial charge in [-0.25, -0.2) is 0 Å². The van der Waals surface area contributed by atoms with Gasteiger partial charge in [-0.1, -0.05) is 25.5 Å². The summed E-state index contributed by atoms with van der Waals surface area (Å²) in [7, 11) is 0. The molecule has 8 heteroatoms. The van der Waals surface area contributed by atoms with Gasteiger partial charge in [-0.15, -0.1) is 4.73 Å². The van der Waals surface area contributed by atoms with E-state index in [-0.39, 0.29) is 12.0 Å². The number of benzene rings is 1. The van der Waals surface area contributed by atoms with Crippen molar-refractivity contribution in [2.45, 2.75) is 19.8 Å². The van der Waals surface area contributed by atoms with Crippen molar-refractivity contribution in [1.29, 1.82) is 0 Å². The third-order valence-electron chi connectivity index (χ3n) is 3.36. The first-order valence-corrected chi connectivity index (χ1v) is 7.47. The maximum absolute atomic E-state index is 12.6. The first-order valence-electron chi connectivity index (χ1n) is 7.47. The predicted molar refractivity (Wildman–Crippen MR) is 86.2 cm³/mol. The van der Waals surface area contributed by atoms with Crippen LogP contribution in [0.1, 0.15) is 30.1 Å². The van der Waals surface area contributed by atoms with Crippen LogP contribution >= 0.6 is 0 Å². The largest absolute Gasteiger partial charge is 0.506 e. The second-order valence-corrected chi connectivity index (χ2v) is 5.10. The van der Waals surface area contributed by atoms with Crippen molar-refractivity contribution in [2.24, 2.45) is 0 Å². The minimum absolute atomic E-state index is 0.258. The summed E-state index contributed by atoms with van der Waals surface area (Å²) in [6, 6.07) is 6.44. The molecule has 0 bridgehead atoms. The van der Waals surface area contributed by atoms with E-state index in [1.54, 1.807) is 18.2 Å². The number of carbonyl (C=O) groups excluding carboxylic acids is 1. The molecule has 2 aromatic rings. The number of para-hydroxylation sites is 1. The van der Waals surface area contributed by atoms with E-state index >= 15 is 0 Å². The van der Waals surface area contributed by atoms with E-state index in [1.807, 2.05) is 6.92 Å². The molecule has 1 amide bonds. The number of hydrogen-bond acceptors (Lipinski definition) is 5. The van der Waals surface area contributed by atoms with Crippen LogP contribution in [0.15, 0.2) is 29.1 Å². The van der Waals surface area contributed by atoms with Crippen molar-refractivity contribution in [3.8, 4) is 5.75 Å². The van der Waals surface area contributed by atoms with E-state index in [1.165, 1.54) is 6.07 Å². The van der Waals surface area contributed by atoms with Crippen molar-refractivity contribution < 1.29 is 24.6 Å². The fourth-order valence-corrected chi connectivity index (χ4v) is 2.18. The number of hydrogen-bond donors (Lipinski definition) is 3. The molecule has 0 spiro atoms.